The summed E-state index contributed by atoms with van der Waals surface area (Å²) in [6.45, 7) is 8.57. The smallest absolute Gasteiger partial charge is 0.129 e. The molecule has 0 bridgehead atoms. The number of aliphatic hydroxyl groups excluding tert-OH is 1. The summed E-state index contributed by atoms with van der Waals surface area (Å²) in [6.07, 6.45) is 3.77. The lowest BCUT2D eigenvalue weighted by Crippen LogP contribution is -2.31. The van der Waals surface area contributed by atoms with E-state index in [1.165, 1.54) is 19.3 Å². The lowest BCUT2D eigenvalue weighted by Gasteiger charge is -2.25. The zero-order chi connectivity index (χ0) is 12.7. The molecule has 0 saturated carbocycles. The number of rotatable bonds is 8. The molecular weight excluding hydrogens is 214 g/mol. The van der Waals surface area contributed by atoms with Crippen molar-refractivity contribution in [3.8, 4) is 0 Å². The molecule has 0 radical (unpaired) electrons. The van der Waals surface area contributed by atoms with Gasteiger partial charge in [-0.1, -0.05) is 19.8 Å². The summed E-state index contributed by atoms with van der Waals surface area (Å²) in [4.78, 5) is 2.41. The van der Waals surface area contributed by atoms with E-state index in [0.29, 0.717) is 11.8 Å². The second-order valence-corrected chi connectivity index (χ2v) is 4.80. The van der Waals surface area contributed by atoms with Gasteiger partial charge >= 0.3 is 0 Å². The Bertz CT molecular complexity index is 307. The van der Waals surface area contributed by atoms with Gasteiger partial charge in [0.1, 0.15) is 18.1 Å². The summed E-state index contributed by atoms with van der Waals surface area (Å²) in [5, 5.41) is 8.96. The third kappa shape index (κ3) is 4.92. The van der Waals surface area contributed by atoms with Gasteiger partial charge in [0.15, 0.2) is 0 Å². The van der Waals surface area contributed by atoms with Crippen LogP contribution in [0.15, 0.2) is 16.5 Å². The van der Waals surface area contributed by atoms with Crippen molar-refractivity contribution in [3.63, 3.8) is 0 Å². The van der Waals surface area contributed by atoms with E-state index in [1.807, 2.05) is 12.1 Å². The molecule has 0 aliphatic carbocycles. The Morgan fingerprint density at radius 1 is 1.24 bits per heavy atom. The van der Waals surface area contributed by atoms with Crippen LogP contribution in [0.2, 0.25) is 0 Å². The van der Waals surface area contributed by atoms with Gasteiger partial charge in [-0.3, -0.25) is 4.90 Å². The van der Waals surface area contributed by atoms with Crippen LogP contribution in [0.5, 0.6) is 0 Å². The Kier molecular flexibility index (Phi) is 6.30. The van der Waals surface area contributed by atoms with Gasteiger partial charge in [-0.15, -0.1) is 0 Å². The predicted octanol–water partition coefficient (Wildman–Crippen LogP) is 3.17. The second-order valence-electron chi connectivity index (χ2n) is 4.80. The average Bonchev–Trinajstić information content (AvgIpc) is 2.75. The van der Waals surface area contributed by atoms with Gasteiger partial charge < -0.3 is 9.52 Å². The topological polar surface area (TPSA) is 36.6 Å². The summed E-state index contributed by atoms with van der Waals surface area (Å²) in [5.41, 5.74) is 0. The minimum Gasteiger partial charge on any atom is -0.462 e. The summed E-state index contributed by atoms with van der Waals surface area (Å²) < 4.78 is 5.53. The highest BCUT2D eigenvalue weighted by Crippen LogP contribution is 2.13. The molecule has 1 aromatic heterocycles. The van der Waals surface area contributed by atoms with Crippen LogP contribution in [-0.4, -0.2) is 22.6 Å². The Hall–Kier alpha value is -0.800. The number of aliphatic hydroxyl groups is 1. The first-order chi connectivity index (χ1) is 8.17. The van der Waals surface area contributed by atoms with Crippen molar-refractivity contribution in [2.24, 2.45) is 0 Å². The van der Waals surface area contributed by atoms with Crippen LogP contribution in [0.3, 0.4) is 0 Å². The molecule has 0 unspecified atom stereocenters. The molecular formula is C14H25NO2. The Morgan fingerprint density at radius 3 is 2.47 bits per heavy atom. The van der Waals surface area contributed by atoms with Crippen LogP contribution in [-0.2, 0) is 13.2 Å². The number of hydrogen-bond donors (Lipinski definition) is 1. The van der Waals surface area contributed by atoms with Crippen molar-refractivity contribution in [3.05, 3.63) is 23.7 Å². The molecule has 0 spiro atoms. The van der Waals surface area contributed by atoms with E-state index < -0.39 is 0 Å². The lowest BCUT2D eigenvalue weighted by molar-refractivity contribution is 0.184. The average molecular weight is 239 g/mol. The molecule has 3 heteroatoms. The van der Waals surface area contributed by atoms with Crippen LogP contribution in [0.4, 0.5) is 0 Å². The highest BCUT2D eigenvalue weighted by atomic mass is 16.4. The molecule has 1 heterocycles. The molecule has 1 rings (SSSR count). The maximum Gasteiger partial charge on any atom is 0.129 e. The molecule has 0 atom stereocenters. The van der Waals surface area contributed by atoms with Crippen LogP contribution >= 0.6 is 0 Å². The zero-order valence-electron chi connectivity index (χ0n) is 11.3. The fourth-order valence-corrected chi connectivity index (χ4v) is 1.88. The molecule has 1 N–H and O–H groups in total. The van der Waals surface area contributed by atoms with E-state index in [-0.39, 0.29) is 6.61 Å². The van der Waals surface area contributed by atoms with E-state index in [4.69, 9.17) is 9.52 Å². The SMILES string of the molecule is CCCCCN(Cc1ccc(CO)o1)C(C)C. The molecule has 1 aromatic rings. The third-order valence-corrected chi connectivity index (χ3v) is 3.01. The fourth-order valence-electron chi connectivity index (χ4n) is 1.88. The molecule has 0 fully saturated rings. The van der Waals surface area contributed by atoms with Crippen LogP contribution in [0, 0.1) is 0 Å². The van der Waals surface area contributed by atoms with Crippen molar-refractivity contribution in [1.82, 2.24) is 4.90 Å². The van der Waals surface area contributed by atoms with Gasteiger partial charge in [0.05, 0.1) is 6.54 Å². The number of hydrogen-bond acceptors (Lipinski definition) is 3. The molecule has 0 aromatic carbocycles. The second kappa shape index (κ2) is 7.51. The summed E-state index contributed by atoms with van der Waals surface area (Å²) in [6, 6.07) is 4.33. The van der Waals surface area contributed by atoms with E-state index in [9.17, 15) is 0 Å². The monoisotopic (exact) mass is 239 g/mol. The van der Waals surface area contributed by atoms with Gasteiger partial charge in [-0.05, 0) is 38.9 Å². The van der Waals surface area contributed by atoms with Crippen molar-refractivity contribution in [1.29, 1.82) is 0 Å². The van der Waals surface area contributed by atoms with Crippen molar-refractivity contribution < 1.29 is 9.52 Å². The molecule has 0 saturated heterocycles. The fraction of sp³-hybridized carbons (Fsp3) is 0.714. The van der Waals surface area contributed by atoms with Gasteiger partial charge in [0.25, 0.3) is 0 Å². The van der Waals surface area contributed by atoms with Gasteiger partial charge in [-0.25, -0.2) is 0 Å². The first-order valence-electron chi connectivity index (χ1n) is 6.59. The minimum atomic E-state index is -0.0164. The number of unbranched alkanes of at least 4 members (excludes halogenated alkanes) is 2. The predicted molar refractivity (Wildman–Crippen MR) is 69.7 cm³/mol. The van der Waals surface area contributed by atoms with E-state index in [2.05, 4.69) is 25.7 Å². The van der Waals surface area contributed by atoms with Gasteiger partial charge in [0, 0.05) is 6.04 Å². The van der Waals surface area contributed by atoms with E-state index in [1.54, 1.807) is 0 Å². The minimum absolute atomic E-state index is 0.0164. The molecule has 17 heavy (non-hydrogen) atoms. The maximum absolute atomic E-state index is 8.96. The largest absolute Gasteiger partial charge is 0.462 e. The summed E-state index contributed by atoms with van der Waals surface area (Å²) in [7, 11) is 0. The Morgan fingerprint density at radius 2 is 1.94 bits per heavy atom. The van der Waals surface area contributed by atoms with Crippen molar-refractivity contribution in [2.75, 3.05) is 6.54 Å². The van der Waals surface area contributed by atoms with Gasteiger partial charge in [-0.2, -0.15) is 0 Å². The first kappa shape index (κ1) is 14.3. The highest BCUT2D eigenvalue weighted by molar-refractivity contribution is 5.06. The Balaban J connectivity index is 2.47. The molecule has 0 aliphatic heterocycles. The molecule has 0 aliphatic rings. The third-order valence-electron chi connectivity index (χ3n) is 3.01. The van der Waals surface area contributed by atoms with Crippen molar-refractivity contribution >= 4 is 0 Å². The number of nitrogens with zero attached hydrogens (tertiary/aromatic N) is 1. The van der Waals surface area contributed by atoms with E-state index >= 15 is 0 Å². The van der Waals surface area contributed by atoms with Crippen LogP contribution in [0.1, 0.15) is 51.6 Å². The van der Waals surface area contributed by atoms with Gasteiger partial charge in [0.2, 0.25) is 0 Å². The quantitative estimate of drug-likeness (QED) is 0.708. The molecule has 98 valence electrons. The molecule has 3 nitrogen and oxygen atoms in total. The molecule has 0 amide bonds. The Labute approximate surface area is 104 Å². The van der Waals surface area contributed by atoms with Crippen molar-refractivity contribution in [2.45, 2.75) is 59.2 Å². The maximum atomic E-state index is 8.96. The van der Waals surface area contributed by atoms with E-state index in [0.717, 1.165) is 18.8 Å². The lowest BCUT2D eigenvalue weighted by atomic mass is 10.2. The number of furan rings is 1. The summed E-state index contributed by atoms with van der Waals surface area (Å²) in [5.74, 6) is 1.59. The van der Waals surface area contributed by atoms with Crippen LogP contribution < -0.4 is 0 Å². The highest BCUT2D eigenvalue weighted by Gasteiger charge is 2.12. The first-order valence-corrected chi connectivity index (χ1v) is 6.59. The zero-order valence-corrected chi connectivity index (χ0v) is 11.3. The van der Waals surface area contributed by atoms with Crippen LogP contribution in [0.25, 0.3) is 0 Å². The standard InChI is InChI=1S/C14H25NO2/c1-4-5-6-9-15(12(2)3)10-13-7-8-14(11-16)17-13/h7-8,12,16H,4-6,9-11H2,1-3H3. The summed E-state index contributed by atoms with van der Waals surface area (Å²) >= 11 is 0. The normalized spacial score (nSPS) is 11.6.